The molecule has 15 heavy (non-hydrogen) atoms. The fraction of sp³-hybridized carbons (Fsp3) is 0.556. The van der Waals surface area contributed by atoms with Crippen LogP contribution in [0.4, 0.5) is 0 Å². The van der Waals surface area contributed by atoms with Crippen molar-refractivity contribution in [2.75, 3.05) is 12.9 Å². The number of hydrogen-bond donors (Lipinski definition) is 2. The minimum atomic E-state index is 0.0762. The molecule has 1 heterocycles. The number of rotatable bonds is 6. The molecule has 1 aromatic heterocycles. The quantitative estimate of drug-likeness (QED) is 0.592. The third-order valence-corrected chi connectivity index (χ3v) is 3.90. The van der Waals surface area contributed by atoms with Crippen molar-refractivity contribution in [3.63, 3.8) is 0 Å². The van der Waals surface area contributed by atoms with E-state index in [0.29, 0.717) is 6.61 Å². The number of nitrogens with two attached hydrogens (primary N) is 1. The van der Waals surface area contributed by atoms with Crippen molar-refractivity contribution in [3.8, 4) is 0 Å². The van der Waals surface area contributed by atoms with Gasteiger partial charge in [-0.1, -0.05) is 6.92 Å². The van der Waals surface area contributed by atoms with E-state index >= 15 is 0 Å². The van der Waals surface area contributed by atoms with Crippen molar-refractivity contribution in [2.45, 2.75) is 19.3 Å². The second kappa shape index (κ2) is 6.09. The lowest BCUT2D eigenvalue weighted by Crippen LogP contribution is -2.11. The van der Waals surface area contributed by atoms with E-state index in [9.17, 15) is 0 Å². The first-order chi connectivity index (χ1) is 7.19. The van der Waals surface area contributed by atoms with Crippen molar-refractivity contribution < 1.29 is 4.74 Å². The monoisotopic (exact) mass is 245 g/mol. The van der Waals surface area contributed by atoms with E-state index in [4.69, 9.17) is 15.9 Å². The predicted molar refractivity (Wildman–Crippen MR) is 65.7 cm³/mol. The number of nitrogen functional groups attached to an aromatic ring is 1. The molecule has 0 aromatic carbocycles. The van der Waals surface area contributed by atoms with Gasteiger partial charge in [-0.3, -0.25) is 5.41 Å². The van der Waals surface area contributed by atoms with E-state index in [1.54, 1.807) is 7.11 Å². The number of amidine groups is 1. The molecule has 1 aromatic rings. The maximum absolute atomic E-state index is 7.43. The summed E-state index contributed by atoms with van der Waals surface area (Å²) < 4.78 is 5.02. The largest absolute Gasteiger partial charge is 0.383 e. The van der Waals surface area contributed by atoms with Crippen LogP contribution in [0.3, 0.4) is 0 Å². The molecule has 1 rings (SSSR count). The molecule has 0 aliphatic heterocycles. The summed E-state index contributed by atoms with van der Waals surface area (Å²) in [5, 5.41) is 8.44. The van der Waals surface area contributed by atoms with Crippen molar-refractivity contribution >= 4 is 28.9 Å². The molecule has 3 N–H and O–H groups in total. The SMILES string of the molecule is CCSCc1nc(COC)c(C(=N)N)s1. The highest BCUT2D eigenvalue weighted by atomic mass is 32.2. The van der Waals surface area contributed by atoms with Gasteiger partial charge >= 0.3 is 0 Å². The van der Waals surface area contributed by atoms with Gasteiger partial charge in [0.15, 0.2) is 0 Å². The number of nitrogens with one attached hydrogen (secondary N) is 1. The zero-order chi connectivity index (χ0) is 11.3. The highest BCUT2D eigenvalue weighted by Crippen LogP contribution is 2.22. The number of hydrogen-bond acceptors (Lipinski definition) is 5. The van der Waals surface area contributed by atoms with E-state index in [2.05, 4.69) is 11.9 Å². The van der Waals surface area contributed by atoms with Crippen molar-refractivity contribution in [3.05, 3.63) is 15.6 Å². The first-order valence-corrected chi connectivity index (χ1v) is 6.55. The third kappa shape index (κ3) is 3.48. The highest BCUT2D eigenvalue weighted by Gasteiger charge is 2.12. The van der Waals surface area contributed by atoms with Gasteiger partial charge in [-0.2, -0.15) is 11.8 Å². The van der Waals surface area contributed by atoms with E-state index in [1.165, 1.54) is 11.3 Å². The highest BCUT2D eigenvalue weighted by molar-refractivity contribution is 7.98. The molecule has 0 unspecified atom stereocenters. The third-order valence-electron chi connectivity index (χ3n) is 1.70. The topological polar surface area (TPSA) is 72.0 Å². The summed E-state index contributed by atoms with van der Waals surface area (Å²) in [4.78, 5) is 5.15. The van der Waals surface area contributed by atoms with Gasteiger partial charge in [-0.15, -0.1) is 11.3 Å². The zero-order valence-electron chi connectivity index (χ0n) is 8.87. The number of thiazole rings is 1. The minimum absolute atomic E-state index is 0.0762. The summed E-state index contributed by atoms with van der Waals surface area (Å²) in [6, 6.07) is 0. The second-order valence-corrected chi connectivity index (χ2v) is 5.23. The van der Waals surface area contributed by atoms with Crippen LogP contribution in [0.5, 0.6) is 0 Å². The first-order valence-electron chi connectivity index (χ1n) is 4.58. The Morgan fingerprint density at radius 3 is 2.93 bits per heavy atom. The van der Waals surface area contributed by atoms with Gasteiger partial charge in [0.2, 0.25) is 0 Å². The normalized spacial score (nSPS) is 10.5. The average molecular weight is 245 g/mol. The van der Waals surface area contributed by atoms with Gasteiger partial charge in [0.1, 0.15) is 10.8 Å². The molecular weight excluding hydrogens is 230 g/mol. The standard InChI is InChI=1S/C9H15N3OS2/c1-3-14-5-7-12-6(4-13-2)8(15-7)9(10)11/h3-5H2,1-2H3,(H3,10,11). The smallest absolute Gasteiger partial charge is 0.135 e. The molecular formula is C9H15N3OS2. The summed E-state index contributed by atoms with van der Waals surface area (Å²) in [6.45, 7) is 2.53. The van der Waals surface area contributed by atoms with Gasteiger partial charge in [0.05, 0.1) is 17.2 Å². The molecule has 0 saturated heterocycles. The Hall–Kier alpha value is -0.590. The van der Waals surface area contributed by atoms with Crippen LogP contribution in [0.15, 0.2) is 0 Å². The molecule has 0 atom stereocenters. The van der Waals surface area contributed by atoms with Gasteiger partial charge in [0.25, 0.3) is 0 Å². The summed E-state index contributed by atoms with van der Waals surface area (Å²) in [6.07, 6.45) is 0. The molecule has 0 amide bonds. The fourth-order valence-electron chi connectivity index (χ4n) is 1.10. The van der Waals surface area contributed by atoms with Crippen LogP contribution >= 0.6 is 23.1 Å². The van der Waals surface area contributed by atoms with Crippen LogP contribution < -0.4 is 5.73 Å². The lowest BCUT2D eigenvalue weighted by molar-refractivity contribution is 0.182. The summed E-state index contributed by atoms with van der Waals surface area (Å²) in [5.41, 5.74) is 6.26. The van der Waals surface area contributed by atoms with Gasteiger partial charge < -0.3 is 10.5 Å². The Balaban J connectivity index is 2.83. The number of methoxy groups -OCH3 is 1. The Morgan fingerprint density at radius 2 is 2.40 bits per heavy atom. The number of ether oxygens (including phenoxy) is 1. The summed E-state index contributed by atoms with van der Waals surface area (Å²) >= 11 is 3.29. The van der Waals surface area contributed by atoms with E-state index < -0.39 is 0 Å². The van der Waals surface area contributed by atoms with Crippen LogP contribution in [0.25, 0.3) is 0 Å². The number of aromatic nitrogens is 1. The molecule has 6 heteroatoms. The number of thioether (sulfide) groups is 1. The molecule has 0 spiro atoms. The summed E-state index contributed by atoms with van der Waals surface area (Å²) in [7, 11) is 1.61. The lowest BCUT2D eigenvalue weighted by atomic mass is 10.3. The van der Waals surface area contributed by atoms with E-state index in [1.807, 2.05) is 11.8 Å². The lowest BCUT2D eigenvalue weighted by Gasteiger charge is -1.97. The zero-order valence-corrected chi connectivity index (χ0v) is 10.5. The van der Waals surface area contributed by atoms with Crippen LogP contribution in [-0.4, -0.2) is 23.7 Å². The van der Waals surface area contributed by atoms with Gasteiger partial charge in [-0.25, -0.2) is 4.98 Å². The molecule has 0 fully saturated rings. The Labute approximate surface area is 97.7 Å². The molecule has 0 aliphatic rings. The van der Waals surface area contributed by atoms with Gasteiger partial charge in [0, 0.05) is 12.9 Å². The summed E-state index contributed by atoms with van der Waals surface area (Å²) in [5.74, 6) is 2.02. The fourth-order valence-corrected chi connectivity index (χ4v) is 2.75. The maximum Gasteiger partial charge on any atom is 0.135 e. The molecule has 0 aliphatic carbocycles. The molecule has 0 radical (unpaired) electrons. The van der Waals surface area contributed by atoms with E-state index in [-0.39, 0.29) is 5.84 Å². The Kier molecular flexibility index (Phi) is 5.07. The molecule has 4 nitrogen and oxygen atoms in total. The van der Waals surface area contributed by atoms with E-state index in [0.717, 1.165) is 27.1 Å². The van der Waals surface area contributed by atoms with Crippen molar-refractivity contribution in [1.29, 1.82) is 5.41 Å². The minimum Gasteiger partial charge on any atom is -0.383 e. The van der Waals surface area contributed by atoms with Crippen LogP contribution in [0.1, 0.15) is 22.5 Å². The molecule has 0 bridgehead atoms. The van der Waals surface area contributed by atoms with Crippen LogP contribution in [-0.2, 0) is 17.1 Å². The predicted octanol–water partition coefficient (Wildman–Crippen LogP) is 1.83. The Morgan fingerprint density at radius 1 is 1.67 bits per heavy atom. The second-order valence-electron chi connectivity index (χ2n) is 2.87. The number of nitrogens with zero attached hydrogens (tertiary/aromatic N) is 1. The molecule has 84 valence electrons. The molecule has 0 saturated carbocycles. The first kappa shape index (κ1) is 12.5. The van der Waals surface area contributed by atoms with Crippen LogP contribution in [0.2, 0.25) is 0 Å². The Bertz CT molecular complexity index is 338. The van der Waals surface area contributed by atoms with Crippen LogP contribution in [0, 0.1) is 5.41 Å². The van der Waals surface area contributed by atoms with Gasteiger partial charge in [-0.05, 0) is 5.75 Å². The average Bonchev–Trinajstić information content (AvgIpc) is 2.59. The van der Waals surface area contributed by atoms with Crippen molar-refractivity contribution in [2.24, 2.45) is 5.73 Å². The maximum atomic E-state index is 7.43. The van der Waals surface area contributed by atoms with Crippen molar-refractivity contribution in [1.82, 2.24) is 4.98 Å².